The van der Waals surface area contributed by atoms with Crippen molar-refractivity contribution in [3.63, 3.8) is 0 Å². The van der Waals surface area contributed by atoms with Gasteiger partial charge in [-0.2, -0.15) is 4.98 Å². The molecule has 1 fully saturated rings. The van der Waals surface area contributed by atoms with E-state index in [4.69, 9.17) is 16.2 Å². The number of nitrogens with two attached hydrogens (primary N) is 2. The number of aliphatic hydroxyl groups excluding tert-OH is 1. The van der Waals surface area contributed by atoms with Gasteiger partial charge in [0.05, 0.1) is 24.3 Å². The fourth-order valence-electron chi connectivity index (χ4n) is 2.18. The highest BCUT2D eigenvalue weighted by Crippen LogP contribution is 2.29. The largest absolute Gasteiger partial charge is 0.390 e. The molecule has 7 heteroatoms. The Morgan fingerprint density at radius 1 is 1.65 bits per heavy atom. The van der Waals surface area contributed by atoms with Crippen LogP contribution in [0.1, 0.15) is 31.6 Å². The van der Waals surface area contributed by atoms with Gasteiger partial charge in [0.2, 0.25) is 0 Å². The van der Waals surface area contributed by atoms with Crippen molar-refractivity contribution in [1.29, 1.82) is 0 Å². The van der Waals surface area contributed by atoms with E-state index < -0.39 is 18.0 Å². The summed E-state index contributed by atoms with van der Waals surface area (Å²) in [6.07, 6.45) is 1.11. The molecule has 0 spiro atoms. The second kappa shape index (κ2) is 6.05. The summed E-state index contributed by atoms with van der Waals surface area (Å²) in [6, 6.07) is 0. The SMILES string of the molecule is CCC1OC(n2cc(C#CCN)c(N)nc2=O)CC1O. The molecule has 1 aliphatic heterocycles. The second-order valence-corrected chi connectivity index (χ2v) is 4.58. The molecule has 0 aromatic carbocycles. The normalized spacial score (nSPS) is 25.2. The summed E-state index contributed by atoms with van der Waals surface area (Å²) in [7, 11) is 0. The van der Waals surface area contributed by atoms with E-state index in [1.807, 2.05) is 6.92 Å². The van der Waals surface area contributed by atoms with E-state index in [0.717, 1.165) is 0 Å². The standard InChI is InChI=1S/C13H18N4O3/c1-2-10-9(18)6-11(20-10)17-7-8(4-3-5-14)12(15)16-13(17)19/h7,9-11,18H,2,5-6,14H2,1H3,(H2,15,16,19). The highest BCUT2D eigenvalue weighted by molar-refractivity contribution is 5.49. The number of aromatic nitrogens is 2. The van der Waals surface area contributed by atoms with Gasteiger partial charge in [-0.3, -0.25) is 4.57 Å². The van der Waals surface area contributed by atoms with Crippen LogP contribution in [0.4, 0.5) is 5.82 Å². The number of hydrogen-bond acceptors (Lipinski definition) is 6. The first-order valence-electron chi connectivity index (χ1n) is 6.48. The number of nitrogen functional groups attached to an aromatic ring is 1. The molecule has 108 valence electrons. The van der Waals surface area contributed by atoms with Crippen molar-refractivity contribution >= 4 is 5.82 Å². The molecule has 0 amide bonds. The average Bonchev–Trinajstić information content (AvgIpc) is 2.79. The van der Waals surface area contributed by atoms with Crippen LogP contribution in [-0.2, 0) is 4.74 Å². The van der Waals surface area contributed by atoms with Gasteiger partial charge in [-0.15, -0.1) is 0 Å². The molecule has 2 heterocycles. The summed E-state index contributed by atoms with van der Waals surface area (Å²) < 4.78 is 6.96. The predicted octanol–water partition coefficient (Wildman–Crippen LogP) is -0.806. The number of hydrogen-bond donors (Lipinski definition) is 3. The first kappa shape index (κ1) is 14.5. The fourth-order valence-corrected chi connectivity index (χ4v) is 2.18. The Morgan fingerprint density at radius 2 is 2.40 bits per heavy atom. The molecule has 20 heavy (non-hydrogen) atoms. The molecular formula is C13H18N4O3. The maximum atomic E-state index is 11.9. The van der Waals surface area contributed by atoms with E-state index in [-0.39, 0.29) is 18.5 Å². The molecule has 0 aliphatic carbocycles. The van der Waals surface area contributed by atoms with Gasteiger partial charge in [0.15, 0.2) is 0 Å². The Labute approximate surface area is 116 Å². The van der Waals surface area contributed by atoms with Gasteiger partial charge < -0.3 is 21.3 Å². The molecular weight excluding hydrogens is 260 g/mol. The summed E-state index contributed by atoms with van der Waals surface area (Å²) in [4.78, 5) is 15.6. The summed E-state index contributed by atoms with van der Waals surface area (Å²) in [6.45, 7) is 2.10. The Hall–Kier alpha value is -1.88. The number of nitrogens with zero attached hydrogens (tertiary/aromatic N) is 2. The molecule has 3 atom stereocenters. The van der Waals surface area contributed by atoms with Crippen molar-refractivity contribution in [2.45, 2.75) is 38.2 Å². The van der Waals surface area contributed by atoms with E-state index in [1.54, 1.807) is 0 Å². The number of anilines is 1. The third-order valence-electron chi connectivity index (χ3n) is 3.22. The van der Waals surface area contributed by atoms with Gasteiger partial charge in [0.25, 0.3) is 0 Å². The minimum atomic E-state index is -0.590. The second-order valence-electron chi connectivity index (χ2n) is 4.58. The molecule has 2 rings (SSSR count). The smallest absolute Gasteiger partial charge is 0.351 e. The van der Waals surface area contributed by atoms with Crippen LogP contribution in [-0.4, -0.2) is 33.4 Å². The fraction of sp³-hybridized carbons (Fsp3) is 0.538. The molecule has 1 saturated heterocycles. The van der Waals surface area contributed by atoms with Crippen LogP contribution in [0.15, 0.2) is 11.0 Å². The zero-order valence-corrected chi connectivity index (χ0v) is 11.2. The van der Waals surface area contributed by atoms with Gasteiger partial charge in [-0.1, -0.05) is 18.8 Å². The van der Waals surface area contributed by atoms with E-state index in [0.29, 0.717) is 18.4 Å². The van der Waals surface area contributed by atoms with Crippen LogP contribution in [0, 0.1) is 11.8 Å². The van der Waals surface area contributed by atoms with Gasteiger partial charge in [0, 0.05) is 12.6 Å². The first-order valence-corrected chi connectivity index (χ1v) is 6.48. The molecule has 1 aromatic heterocycles. The molecule has 0 saturated carbocycles. The van der Waals surface area contributed by atoms with E-state index >= 15 is 0 Å². The maximum Gasteiger partial charge on any atom is 0.351 e. The van der Waals surface area contributed by atoms with Gasteiger partial charge >= 0.3 is 5.69 Å². The van der Waals surface area contributed by atoms with Crippen molar-refractivity contribution in [3.05, 3.63) is 22.2 Å². The van der Waals surface area contributed by atoms with E-state index in [1.165, 1.54) is 10.8 Å². The summed E-state index contributed by atoms with van der Waals surface area (Å²) in [5.41, 5.74) is 10.9. The summed E-state index contributed by atoms with van der Waals surface area (Å²) in [5.74, 6) is 5.49. The molecule has 0 bridgehead atoms. The van der Waals surface area contributed by atoms with Crippen molar-refractivity contribution in [3.8, 4) is 11.8 Å². The topological polar surface area (TPSA) is 116 Å². The van der Waals surface area contributed by atoms with Crippen LogP contribution in [0.3, 0.4) is 0 Å². The van der Waals surface area contributed by atoms with Crippen molar-refractivity contribution < 1.29 is 9.84 Å². The third-order valence-corrected chi connectivity index (χ3v) is 3.22. The van der Waals surface area contributed by atoms with Crippen LogP contribution in [0.5, 0.6) is 0 Å². The van der Waals surface area contributed by atoms with Crippen LogP contribution in [0.2, 0.25) is 0 Å². The van der Waals surface area contributed by atoms with E-state index in [2.05, 4.69) is 16.8 Å². The Kier molecular flexibility index (Phi) is 4.39. The molecule has 3 unspecified atom stereocenters. The monoisotopic (exact) mass is 278 g/mol. The summed E-state index contributed by atoms with van der Waals surface area (Å²) in [5, 5.41) is 9.85. The predicted molar refractivity (Wildman–Crippen MR) is 73.7 cm³/mol. The van der Waals surface area contributed by atoms with E-state index in [9.17, 15) is 9.90 Å². The van der Waals surface area contributed by atoms with Gasteiger partial charge in [-0.25, -0.2) is 4.79 Å². The third kappa shape index (κ3) is 2.82. The Morgan fingerprint density at radius 3 is 3.00 bits per heavy atom. The Balaban J connectivity index is 2.35. The molecule has 1 aromatic rings. The zero-order chi connectivity index (χ0) is 14.7. The zero-order valence-electron chi connectivity index (χ0n) is 11.2. The lowest BCUT2D eigenvalue weighted by Gasteiger charge is -2.15. The average molecular weight is 278 g/mol. The van der Waals surface area contributed by atoms with Crippen LogP contribution < -0.4 is 17.2 Å². The lowest BCUT2D eigenvalue weighted by atomic mass is 10.1. The van der Waals surface area contributed by atoms with Crippen LogP contribution >= 0.6 is 0 Å². The lowest BCUT2D eigenvalue weighted by molar-refractivity contribution is -0.0217. The number of aliphatic hydroxyl groups is 1. The Bertz CT molecular complexity index is 602. The maximum absolute atomic E-state index is 11.9. The number of ether oxygens (including phenoxy) is 1. The minimum Gasteiger partial charge on any atom is -0.390 e. The molecule has 1 aliphatic rings. The summed E-state index contributed by atoms with van der Waals surface area (Å²) >= 11 is 0. The lowest BCUT2D eigenvalue weighted by Crippen LogP contribution is -2.28. The minimum absolute atomic E-state index is 0.0674. The quantitative estimate of drug-likeness (QED) is 0.609. The number of rotatable bonds is 2. The van der Waals surface area contributed by atoms with Gasteiger partial charge in [-0.05, 0) is 6.42 Å². The van der Waals surface area contributed by atoms with Crippen LogP contribution in [0.25, 0.3) is 0 Å². The molecule has 0 radical (unpaired) electrons. The highest BCUT2D eigenvalue weighted by Gasteiger charge is 2.34. The van der Waals surface area contributed by atoms with Crippen molar-refractivity contribution in [2.75, 3.05) is 12.3 Å². The highest BCUT2D eigenvalue weighted by atomic mass is 16.5. The molecule has 5 N–H and O–H groups in total. The molecule has 7 nitrogen and oxygen atoms in total. The van der Waals surface area contributed by atoms with Gasteiger partial charge in [0.1, 0.15) is 12.0 Å². The van der Waals surface area contributed by atoms with Crippen molar-refractivity contribution in [2.24, 2.45) is 5.73 Å². The first-order chi connectivity index (χ1) is 9.56. The van der Waals surface area contributed by atoms with Crippen molar-refractivity contribution in [1.82, 2.24) is 9.55 Å².